The van der Waals surface area contributed by atoms with Crippen LogP contribution in [0.15, 0.2) is 78.9 Å². The predicted molar refractivity (Wildman–Crippen MR) is 156 cm³/mol. The molecule has 0 radical (unpaired) electrons. The first-order valence-corrected chi connectivity index (χ1v) is 13.6. The third-order valence-electron chi connectivity index (χ3n) is 6.92. The number of anilines is 2. The number of para-hydroxylation sites is 1. The smallest absolute Gasteiger partial charge is 0.319 e. The van der Waals surface area contributed by atoms with E-state index in [2.05, 4.69) is 10.6 Å². The lowest BCUT2D eigenvalue weighted by molar-refractivity contribution is -0.134. The third kappa shape index (κ3) is 6.60. The topological polar surface area (TPSA) is 81.8 Å². The lowest BCUT2D eigenvalue weighted by atomic mass is 9.86. The fourth-order valence-electron chi connectivity index (χ4n) is 5.36. The van der Waals surface area contributed by atoms with Crippen LogP contribution in [0.4, 0.5) is 16.2 Å². The average molecular weight is 547 g/mol. The Morgan fingerprint density at radius 1 is 0.949 bits per heavy atom. The zero-order chi connectivity index (χ0) is 28.1. The Bertz CT molecular complexity index is 1320. The van der Waals surface area contributed by atoms with Gasteiger partial charge >= 0.3 is 6.03 Å². The SMILES string of the molecule is CC(C)N(C(=O)CN1C(=O)C(NC(=O)Nc2cccc(Cl)c2)CC(c2ccccc2)c2ccccc21)C(C)C. The number of benzene rings is 3. The predicted octanol–water partition coefficient (Wildman–Crippen LogP) is 6.04. The van der Waals surface area contributed by atoms with Crippen LogP contribution in [0, 0.1) is 0 Å². The number of hydrogen-bond donors (Lipinski definition) is 2. The van der Waals surface area contributed by atoms with Gasteiger partial charge in [0.05, 0.1) is 0 Å². The number of rotatable bonds is 7. The quantitative estimate of drug-likeness (QED) is 0.379. The zero-order valence-corrected chi connectivity index (χ0v) is 23.5. The van der Waals surface area contributed by atoms with E-state index in [0.717, 1.165) is 11.1 Å². The summed E-state index contributed by atoms with van der Waals surface area (Å²) in [5.41, 5.74) is 3.15. The summed E-state index contributed by atoms with van der Waals surface area (Å²) in [6.45, 7) is 7.73. The van der Waals surface area contributed by atoms with E-state index in [-0.39, 0.29) is 36.4 Å². The zero-order valence-electron chi connectivity index (χ0n) is 22.7. The second-order valence-corrected chi connectivity index (χ2v) is 10.8. The highest BCUT2D eigenvalue weighted by atomic mass is 35.5. The van der Waals surface area contributed by atoms with Gasteiger partial charge in [-0.25, -0.2) is 4.79 Å². The van der Waals surface area contributed by atoms with Crippen LogP contribution in [0.25, 0.3) is 0 Å². The van der Waals surface area contributed by atoms with E-state index in [4.69, 9.17) is 11.6 Å². The lowest BCUT2D eigenvalue weighted by Crippen LogP contribution is -2.53. The van der Waals surface area contributed by atoms with Gasteiger partial charge in [0.15, 0.2) is 0 Å². The number of carbonyl (C=O) groups is 3. The summed E-state index contributed by atoms with van der Waals surface area (Å²) in [4.78, 5) is 44.0. The molecule has 1 aliphatic rings. The Morgan fingerprint density at radius 3 is 2.28 bits per heavy atom. The average Bonchev–Trinajstić information content (AvgIpc) is 2.99. The highest BCUT2D eigenvalue weighted by Crippen LogP contribution is 2.39. The van der Waals surface area contributed by atoms with Crippen LogP contribution in [0.3, 0.4) is 0 Å². The Balaban J connectivity index is 1.71. The number of carbonyl (C=O) groups excluding carboxylic acids is 3. The molecule has 0 spiro atoms. The molecular weight excluding hydrogens is 512 g/mol. The number of urea groups is 1. The molecule has 8 heteroatoms. The molecule has 0 aromatic heterocycles. The third-order valence-corrected chi connectivity index (χ3v) is 7.16. The fraction of sp³-hybridized carbons (Fsp3) is 0.323. The number of fused-ring (bicyclic) bond motifs is 1. The van der Waals surface area contributed by atoms with Gasteiger partial charge < -0.3 is 20.4 Å². The van der Waals surface area contributed by atoms with Crippen molar-refractivity contribution in [3.63, 3.8) is 0 Å². The Kier molecular flexibility index (Phi) is 8.92. The fourth-order valence-corrected chi connectivity index (χ4v) is 5.55. The van der Waals surface area contributed by atoms with Crippen LogP contribution in [0.5, 0.6) is 0 Å². The van der Waals surface area contributed by atoms with Gasteiger partial charge in [-0.2, -0.15) is 0 Å². The largest absolute Gasteiger partial charge is 0.336 e. The molecule has 4 rings (SSSR count). The van der Waals surface area contributed by atoms with E-state index in [0.29, 0.717) is 22.8 Å². The number of nitrogens with zero attached hydrogens (tertiary/aromatic N) is 2. The summed E-state index contributed by atoms with van der Waals surface area (Å²) in [7, 11) is 0. The van der Waals surface area contributed by atoms with Crippen LogP contribution in [0.2, 0.25) is 5.02 Å². The maximum absolute atomic E-state index is 14.1. The van der Waals surface area contributed by atoms with Gasteiger partial charge in [0.2, 0.25) is 11.8 Å². The number of amides is 4. The Hall–Kier alpha value is -3.84. The summed E-state index contributed by atoms with van der Waals surface area (Å²) >= 11 is 6.07. The van der Waals surface area contributed by atoms with Crippen molar-refractivity contribution in [3.8, 4) is 0 Å². The molecule has 1 aliphatic heterocycles. The summed E-state index contributed by atoms with van der Waals surface area (Å²) < 4.78 is 0. The maximum Gasteiger partial charge on any atom is 0.319 e. The van der Waals surface area contributed by atoms with Gasteiger partial charge in [-0.3, -0.25) is 9.59 Å². The Morgan fingerprint density at radius 2 is 1.62 bits per heavy atom. The first kappa shape index (κ1) is 28.2. The minimum Gasteiger partial charge on any atom is -0.336 e. The molecule has 0 fully saturated rings. The standard InChI is InChI=1S/C31H35ClN4O3/c1-20(2)36(21(3)4)29(37)19-35-28-16-9-8-15-25(28)26(22-11-6-5-7-12-22)18-27(30(35)38)34-31(39)33-24-14-10-13-23(32)17-24/h5-17,20-21,26-27H,18-19H2,1-4H3,(H2,33,34,39). The van der Waals surface area contributed by atoms with Crippen molar-refractivity contribution < 1.29 is 14.4 Å². The van der Waals surface area contributed by atoms with Crippen LogP contribution in [-0.4, -0.2) is 47.4 Å². The van der Waals surface area contributed by atoms with E-state index in [9.17, 15) is 14.4 Å². The van der Waals surface area contributed by atoms with Gasteiger partial charge in [0.25, 0.3) is 0 Å². The molecule has 39 heavy (non-hydrogen) atoms. The number of halogens is 1. The number of nitrogens with one attached hydrogen (secondary N) is 2. The van der Waals surface area contributed by atoms with Crippen molar-refractivity contribution >= 4 is 40.8 Å². The monoisotopic (exact) mass is 546 g/mol. The molecule has 0 bridgehead atoms. The normalized spacial score (nSPS) is 17.0. The maximum atomic E-state index is 14.1. The van der Waals surface area contributed by atoms with Gasteiger partial charge in [-0.1, -0.05) is 66.2 Å². The summed E-state index contributed by atoms with van der Waals surface area (Å²) in [5.74, 6) is -0.652. The summed E-state index contributed by atoms with van der Waals surface area (Å²) in [6, 6.07) is 23.0. The minimum absolute atomic E-state index is 0.0238. The molecule has 2 unspecified atom stereocenters. The van der Waals surface area contributed by atoms with Gasteiger partial charge in [-0.05, 0) is 69.5 Å². The highest BCUT2D eigenvalue weighted by molar-refractivity contribution is 6.30. The molecular formula is C31H35ClN4O3. The number of hydrogen-bond acceptors (Lipinski definition) is 3. The second-order valence-electron chi connectivity index (χ2n) is 10.3. The van der Waals surface area contributed by atoms with Crippen LogP contribution >= 0.6 is 11.6 Å². The van der Waals surface area contributed by atoms with Crippen molar-refractivity contribution in [1.29, 1.82) is 0 Å². The van der Waals surface area contributed by atoms with Crippen LogP contribution in [-0.2, 0) is 9.59 Å². The molecule has 7 nitrogen and oxygen atoms in total. The van der Waals surface area contributed by atoms with Crippen molar-refractivity contribution in [2.24, 2.45) is 0 Å². The minimum atomic E-state index is -0.874. The van der Waals surface area contributed by atoms with Crippen LogP contribution in [0.1, 0.15) is 51.2 Å². The van der Waals surface area contributed by atoms with Gasteiger partial charge in [0, 0.05) is 34.4 Å². The molecule has 0 aliphatic carbocycles. The summed E-state index contributed by atoms with van der Waals surface area (Å²) in [5, 5.41) is 6.14. The van der Waals surface area contributed by atoms with E-state index in [1.54, 1.807) is 29.2 Å². The molecule has 3 aromatic carbocycles. The van der Waals surface area contributed by atoms with Crippen molar-refractivity contribution in [2.45, 2.75) is 58.2 Å². The first-order valence-electron chi connectivity index (χ1n) is 13.2. The molecule has 4 amide bonds. The van der Waals surface area contributed by atoms with E-state index < -0.39 is 12.1 Å². The molecule has 204 valence electrons. The summed E-state index contributed by atoms with van der Waals surface area (Å²) in [6.07, 6.45) is 0.339. The highest BCUT2D eigenvalue weighted by Gasteiger charge is 2.38. The molecule has 0 saturated carbocycles. The molecule has 2 N–H and O–H groups in total. The van der Waals surface area contributed by atoms with Crippen molar-refractivity contribution in [1.82, 2.24) is 10.2 Å². The van der Waals surface area contributed by atoms with Crippen LogP contribution < -0.4 is 15.5 Å². The Labute approximate surface area is 235 Å². The van der Waals surface area contributed by atoms with E-state index >= 15 is 0 Å². The van der Waals surface area contributed by atoms with Gasteiger partial charge in [0.1, 0.15) is 12.6 Å². The van der Waals surface area contributed by atoms with Crippen molar-refractivity contribution in [3.05, 3.63) is 95.0 Å². The molecule has 2 atom stereocenters. The van der Waals surface area contributed by atoms with Crippen molar-refractivity contribution in [2.75, 3.05) is 16.8 Å². The molecule has 0 saturated heterocycles. The van der Waals surface area contributed by atoms with E-state index in [1.807, 2.05) is 82.3 Å². The lowest BCUT2D eigenvalue weighted by Gasteiger charge is -2.34. The first-order chi connectivity index (χ1) is 18.7. The molecule has 1 heterocycles. The molecule has 3 aromatic rings. The van der Waals surface area contributed by atoms with Gasteiger partial charge in [-0.15, -0.1) is 0 Å². The van der Waals surface area contributed by atoms with E-state index in [1.165, 1.54) is 4.90 Å². The second kappa shape index (κ2) is 12.3.